The largest absolute Gasteiger partial charge is 0.330 e. The highest BCUT2D eigenvalue weighted by molar-refractivity contribution is 6.07. The smallest absolute Gasteiger partial charge is 0.163 e. The number of pyridine rings is 1. The first-order valence-electron chi connectivity index (χ1n) is 7.17. The van der Waals surface area contributed by atoms with Crippen molar-refractivity contribution in [1.82, 2.24) is 4.98 Å². The number of nitrogens with zero attached hydrogens (tertiary/aromatic N) is 1. The fraction of sp³-hybridized carbons (Fsp3) is 0.412. The molecule has 0 saturated carbocycles. The summed E-state index contributed by atoms with van der Waals surface area (Å²) in [4.78, 5) is 16.6. The molecule has 106 valence electrons. The van der Waals surface area contributed by atoms with Crippen LogP contribution in [0.4, 0.5) is 0 Å². The summed E-state index contributed by atoms with van der Waals surface area (Å²) in [7, 11) is 0. The molecule has 1 heterocycles. The molecule has 0 aliphatic carbocycles. The van der Waals surface area contributed by atoms with Gasteiger partial charge in [0.05, 0.1) is 0 Å². The zero-order valence-electron chi connectivity index (χ0n) is 12.2. The first kappa shape index (κ1) is 14.7. The summed E-state index contributed by atoms with van der Waals surface area (Å²) >= 11 is 0. The third-order valence-electron chi connectivity index (χ3n) is 3.59. The maximum atomic E-state index is 12.5. The van der Waals surface area contributed by atoms with Crippen molar-refractivity contribution in [2.75, 3.05) is 6.54 Å². The molecule has 0 aliphatic rings. The third kappa shape index (κ3) is 3.42. The van der Waals surface area contributed by atoms with Crippen LogP contribution in [0, 0.1) is 11.8 Å². The molecule has 0 radical (unpaired) electrons. The molecule has 1 atom stereocenters. The number of benzene rings is 1. The van der Waals surface area contributed by atoms with Gasteiger partial charge in [-0.25, -0.2) is 0 Å². The monoisotopic (exact) mass is 270 g/mol. The van der Waals surface area contributed by atoms with Gasteiger partial charge < -0.3 is 5.73 Å². The minimum Gasteiger partial charge on any atom is -0.330 e. The first-order valence-corrected chi connectivity index (χ1v) is 7.17. The lowest BCUT2D eigenvalue weighted by molar-refractivity contribution is 0.0959. The number of aromatic nitrogens is 1. The van der Waals surface area contributed by atoms with E-state index < -0.39 is 0 Å². The molecule has 1 aromatic heterocycles. The molecule has 2 aromatic rings. The van der Waals surface area contributed by atoms with Gasteiger partial charge in [-0.15, -0.1) is 0 Å². The quantitative estimate of drug-likeness (QED) is 0.818. The van der Waals surface area contributed by atoms with Crippen LogP contribution in [0.25, 0.3) is 10.8 Å². The molecular weight excluding hydrogens is 248 g/mol. The fourth-order valence-corrected chi connectivity index (χ4v) is 2.67. The second-order valence-electron chi connectivity index (χ2n) is 5.76. The summed E-state index contributed by atoms with van der Waals surface area (Å²) in [5.41, 5.74) is 6.58. The normalized spacial score (nSPS) is 12.8. The highest BCUT2D eigenvalue weighted by atomic mass is 16.1. The van der Waals surface area contributed by atoms with Crippen LogP contribution in [0.15, 0.2) is 36.7 Å². The van der Waals surface area contributed by atoms with Gasteiger partial charge in [-0.3, -0.25) is 9.78 Å². The molecule has 3 nitrogen and oxygen atoms in total. The average molecular weight is 270 g/mol. The van der Waals surface area contributed by atoms with Crippen molar-refractivity contribution in [3.8, 4) is 0 Å². The van der Waals surface area contributed by atoms with E-state index in [0.29, 0.717) is 18.9 Å². The maximum absolute atomic E-state index is 12.5. The standard InChI is InChI=1S/C17H22N2O/c1-12(2)8-13(10-18)9-17(20)16-5-3-4-14-11-19-7-6-15(14)16/h3-7,11-13H,8-10,18H2,1-2H3. The van der Waals surface area contributed by atoms with E-state index in [4.69, 9.17) is 5.73 Å². The molecule has 2 rings (SSSR count). The molecule has 0 aliphatic heterocycles. The van der Waals surface area contributed by atoms with Crippen molar-refractivity contribution in [3.63, 3.8) is 0 Å². The van der Waals surface area contributed by atoms with Crippen LogP contribution in [0.1, 0.15) is 37.0 Å². The summed E-state index contributed by atoms with van der Waals surface area (Å²) in [6.07, 6.45) is 5.04. The Morgan fingerprint density at radius 2 is 2.10 bits per heavy atom. The second kappa shape index (κ2) is 6.62. The maximum Gasteiger partial charge on any atom is 0.163 e. The molecule has 0 bridgehead atoms. The Morgan fingerprint density at radius 1 is 1.30 bits per heavy atom. The highest BCUT2D eigenvalue weighted by Gasteiger charge is 2.17. The zero-order chi connectivity index (χ0) is 14.5. The zero-order valence-corrected chi connectivity index (χ0v) is 12.2. The Labute approximate surface area is 120 Å². The van der Waals surface area contributed by atoms with Crippen molar-refractivity contribution in [2.24, 2.45) is 17.6 Å². The number of hydrogen-bond donors (Lipinski definition) is 1. The van der Waals surface area contributed by atoms with Crippen molar-refractivity contribution < 1.29 is 4.79 Å². The van der Waals surface area contributed by atoms with E-state index in [9.17, 15) is 4.79 Å². The van der Waals surface area contributed by atoms with Crippen molar-refractivity contribution >= 4 is 16.6 Å². The molecule has 2 N–H and O–H groups in total. The summed E-state index contributed by atoms with van der Waals surface area (Å²) in [6.45, 7) is 4.89. The van der Waals surface area contributed by atoms with Crippen LogP contribution in [-0.2, 0) is 0 Å². The molecule has 1 aromatic carbocycles. The molecule has 0 spiro atoms. The van der Waals surface area contributed by atoms with E-state index in [2.05, 4.69) is 18.8 Å². The van der Waals surface area contributed by atoms with Crippen molar-refractivity contribution in [1.29, 1.82) is 0 Å². The number of Topliss-reactive ketones (excluding diaryl/α,β-unsaturated/α-hetero) is 1. The van der Waals surface area contributed by atoms with E-state index in [1.54, 1.807) is 12.4 Å². The average Bonchev–Trinajstić information content (AvgIpc) is 2.45. The lowest BCUT2D eigenvalue weighted by atomic mass is 9.89. The number of rotatable bonds is 6. The van der Waals surface area contributed by atoms with Crippen LogP contribution in [0.3, 0.4) is 0 Å². The summed E-state index contributed by atoms with van der Waals surface area (Å²) in [5, 5.41) is 1.99. The molecular formula is C17H22N2O. The van der Waals surface area contributed by atoms with Crippen molar-refractivity contribution in [2.45, 2.75) is 26.7 Å². The number of carbonyl (C=O) groups is 1. The van der Waals surface area contributed by atoms with Crippen LogP contribution < -0.4 is 5.73 Å². The minimum absolute atomic E-state index is 0.179. The summed E-state index contributed by atoms with van der Waals surface area (Å²) in [5.74, 6) is 1.01. The van der Waals surface area contributed by atoms with Gasteiger partial charge >= 0.3 is 0 Å². The molecule has 3 heteroatoms. The number of hydrogen-bond acceptors (Lipinski definition) is 3. The second-order valence-corrected chi connectivity index (χ2v) is 5.76. The molecule has 0 saturated heterocycles. The fourth-order valence-electron chi connectivity index (χ4n) is 2.67. The lowest BCUT2D eigenvalue weighted by Crippen LogP contribution is -2.20. The Bertz CT molecular complexity index is 587. The van der Waals surface area contributed by atoms with Crippen LogP contribution in [-0.4, -0.2) is 17.3 Å². The Hall–Kier alpha value is -1.74. The summed E-state index contributed by atoms with van der Waals surface area (Å²) in [6, 6.07) is 7.70. The minimum atomic E-state index is 0.179. The SMILES string of the molecule is CC(C)CC(CN)CC(=O)c1cccc2cnccc12. The van der Waals surface area contributed by atoms with Gasteiger partial charge in [0.25, 0.3) is 0 Å². The van der Waals surface area contributed by atoms with E-state index in [1.165, 1.54) is 0 Å². The molecule has 0 amide bonds. The topological polar surface area (TPSA) is 56.0 Å². The molecule has 0 fully saturated rings. The van der Waals surface area contributed by atoms with Gasteiger partial charge in [0.1, 0.15) is 0 Å². The predicted octanol–water partition coefficient (Wildman–Crippen LogP) is 3.43. The lowest BCUT2D eigenvalue weighted by Gasteiger charge is -2.16. The van der Waals surface area contributed by atoms with E-state index in [1.807, 2.05) is 24.3 Å². The van der Waals surface area contributed by atoms with Gasteiger partial charge in [-0.1, -0.05) is 32.0 Å². The van der Waals surface area contributed by atoms with E-state index in [-0.39, 0.29) is 11.7 Å². The molecule has 1 unspecified atom stereocenters. The number of nitrogens with two attached hydrogens (primary N) is 1. The first-order chi connectivity index (χ1) is 9.61. The predicted molar refractivity (Wildman–Crippen MR) is 82.7 cm³/mol. The van der Waals surface area contributed by atoms with Gasteiger partial charge in [-0.2, -0.15) is 0 Å². The third-order valence-corrected chi connectivity index (χ3v) is 3.59. The van der Waals surface area contributed by atoms with Crippen molar-refractivity contribution in [3.05, 3.63) is 42.2 Å². The Balaban J connectivity index is 2.23. The number of fused-ring (bicyclic) bond motifs is 1. The van der Waals surface area contributed by atoms with E-state index >= 15 is 0 Å². The van der Waals surface area contributed by atoms with Gasteiger partial charge in [0, 0.05) is 29.8 Å². The van der Waals surface area contributed by atoms with Gasteiger partial charge in [0.2, 0.25) is 0 Å². The van der Waals surface area contributed by atoms with Crippen LogP contribution in [0.5, 0.6) is 0 Å². The van der Waals surface area contributed by atoms with Gasteiger partial charge in [-0.05, 0) is 36.3 Å². The number of carbonyl (C=O) groups excluding carboxylic acids is 1. The molecule has 20 heavy (non-hydrogen) atoms. The summed E-state index contributed by atoms with van der Waals surface area (Å²) < 4.78 is 0. The van der Waals surface area contributed by atoms with E-state index in [0.717, 1.165) is 22.8 Å². The number of ketones is 1. The van der Waals surface area contributed by atoms with Gasteiger partial charge in [0.15, 0.2) is 5.78 Å². The Kier molecular flexibility index (Phi) is 4.85. The van der Waals surface area contributed by atoms with Crippen LogP contribution >= 0.6 is 0 Å². The van der Waals surface area contributed by atoms with Crippen LogP contribution in [0.2, 0.25) is 0 Å². The Morgan fingerprint density at radius 3 is 2.80 bits per heavy atom. The highest BCUT2D eigenvalue weighted by Crippen LogP contribution is 2.22.